The summed E-state index contributed by atoms with van der Waals surface area (Å²) in [5.41, 5.74) is 2.76. The Morgan fingerprint density at radius 1 is 1.14 bits per heavy atom. The van der Waals surface area contributed by atoms with Crippen molar-refractivity contribution in [3.8, 4) is 17.2 Å². The fourth-order valence-corrected chi connectivity index (χ4v) is 2.99. The van der Waals surface area contributed by atoms with Crippen molar-refractivity contribution in [2.45, 2.75) is 19.4 Å². The minimum Gasteiger partial charge on any atom is -0.497 e. The number of benzene rings is 2. The molecule has 1 atom stereocenters. The Bertz CT molecular complexity index is 923. The number of hydrogen-bond donors (Lipinski definition) is 0. The highest BCUT2D eigenvalue weighted by atomic mass is 16.5. The summed E-state index contributed by atoms with van der Waals surface area (Å²) in [6, 6.07) is 13.3. The molecule has 0 bridgehead atoms. The van der Waals surface area contributed by atoms with Gasteiger partial charge in [-0.05, 0) is 42.8 Å². The summed E-state index contributed by atoms with van der Waals surface area (Å²) in [6.45, 7) is 2.01. The van der Waals surface area contributed by atoms with Crippen molar-refractivity contribution in [3.05, 3.63) is 66.2 Å². The van der Waals surface area contributed by atoms with Crippen LogP contribution in [-0.2, 0) is 11.2 Å². The number of methoxy groups -OCH3 is 2. The lowest BCUT2D eigenvalue weighted by Crippen LogP contribution is -2.31. The molecule has 3 aromatic rings. The van der Waals surface area contributed by atoms with Crippen molar-refractivity contribution in [1.82, 2.24) is 19.7 Å². The van der Waals surface area contributed by atoms with Gasteiger partial charge in [0.1, 0.15) is 24.2 Å². The van der Waals surface area contributed by atoms with Crippen LogP contribution in [0.4, 0.5) is 0 Å². The highest BCUT2D eigenvalue weighted by molar-refractivity contribution is 5.80. The van der Waals surface area contributed by atoms with E-state index < -0.39 is 0 Å². The summed E-state index contributed by atoms with van der Waals surface area (Å²) in [7, 11) is 5.01. The maximum absolute atomic E-state index is 12.9. The van der Waals surface area contributed by atoms with E-state index in [2.05, 4.69) is 10.1 Å². The van der Waals surface area contributed by atoms with Crippen molar-refractivity contribution in [2.75, 3.05) is 21.3 Å². The lowest BCUT2D eigenvalue weighted by atomic mass is 10.0. The molecule has 0 saturated heterocycles. The molecule has 0 fully saturated rings. The van der Waals surface area contributed by atoms with Gasteiger partial charge in [0.05, 0.1) is 32.4 Å². The molecule has 0 N–H and O–H groups in total. The molecule has 0 radical (unpaired) electrons. The summed E-state index contributed by atoms with van der Waals surface area (Å²) in [5, 5.41) is 4.12. The van der Waals surface area contributed by atoms with Gasteiger partial charge in [0.15, 0.2) is 0 Å². The van der Waals surface area contributed by atoms with Crippen LogP contribution in [0.15, 0.2) is 55.1 Å². The lowest BCUT2D eigenvalue weighted by molar-refractivity contribution is -0.131. The average molecular weight is 380 g/mol. The highest BCUT2D eigenvalue weighted by Gasteiger charge is 2.19. The molecule has 0 aliphatic heterocycles. The van der Waals surface area contributed by atoms with E-state index in [0.717, 1.165) is 16.8 Å². The first-order valence-corrected chi connectivity index (χ1v) is 8.95. The van der Waals surface area contributed by atoms with Crippen LogP contribution >= 0.6 is 0 Å². The van der Waals surface area contributed by atoms with Crippen LogP contribution < -0.4 is 9.47 Å². The minimum atomic E-state index is -0.0751. The topological polar surface area (TPSA) is 69.5 Å². The zero-order chi connectivity index (χ0) is 20.1. The largest absolute Gasteiger partial charge is 0.497 e. The van der Waals surface area contributed by atoms with Crippen LogP contribution in [-0.4, -0.2) is 46.8 Å². The maximum atomic E-state index is 12.9. The van der Waals surface area contributed by atoms with Gasteiger partial charge < -0.3 is 14.4 Å². The standard InChI is InChI=1S/C21H24N4O3/c1-15(16-5-7-18(8-6-16)25-14-22-13-23-25)24(2)21(26)12-17-11-19(27-3)9-10-20(17)28-4/h5-11,13-15H,12H2,1-4H3. The molecule has 0 saturated carbocycles. The number of nitrogens with zero attached hydrogens (tertiary/aromatic N) is 4. The van der Waals surface area contributed by atoms with Crippen molar-refractivity contribution in [1.29, 1.82) is 0 Å². The Hall–Kier alpha value is -3.35. The van der Waals surface area contributed by atoms with Crippen LogP contribution in [0.5, 0.6) is 11.5 Å². The maximum Gasteiger partial charge on any atom is 0.227 e. The fraction of sp³-hybridized carbons (Fsp3) is 0.286. The predicted molar refractivity (Wildman–Crippen MR) is 106 cm³/mol. The van der Waals surface area contributed by atoms with Gasteiger partial charge in [-0.3, -0.25) is 4.79 Å². The third-order valence-electron chi connectivity index (χ3n) is 4.86. The number of rotatable bonds is 7. The van der Waals surface area contributed by atoms with Crippen LogP contribution in [0.2, 0.25) is 0 Å². The summed E-state index contributed by atoms with van der Waals surface area (Å²) < 4.78 is 12.3. The quantitative estimate of drug-likeness (QED) is 0.630. The van der Waals surface area contributed by atoms with Crippen LogP contribution in [0.3, 0.4) is 0 Å². The predicted octanol–water partition coefficient (Wildman–Crippen LogP) is 3.05. The Morgan fingerprint density at radius 3 is 2.50 bits per heavy atom. The van der Waals surface area contributed by atoms with E-state index in [0.29, 0.717) is 11.5 Å². The number of likely N-dealkylation sites (N-methyl/N-ethyl adjacent to an activating group) is 1. The number of ether oxygens (including phenoxy) is 2. The first kappa shape index (κ1) is 19.4. The molecule has 2 aromatic carbocycles. The Balaban J connectivity index is 1.72. The Morgan fingerprint density at radius 2 is 1.89 bits per heavy atom. The molecule has 1 aromatic heterocycles. The van der Waals surface area contributed by atoms with E-state index in [1.807, 2.05) is 56.4 Å². The van der Waals surface area contributed by atoms with Gasteiger partial charge in [0.2, 0.25) is 5.91 Å². The molecule has 7 nitrogen and oxygen atoms in total. The number of amides is 1. The van der Waals surface area contributed by atoms with Gasteiger partial charge >= 0.3 is 0 Å². The molecule has 1 amide bonds. The third kappa shape index (κ3) is 4.14. The summed E-state index contributed by atoms with van der Waals surface area (Å²) >= 11 is 0. The monoisotopic (exact) mass is 380 g/mol. The van der Waals surface area contributed by atoms with Gasteiger partial charge in [-0.2, -0.15) is 5.10 Å². The smallest absolute Gasteiger partial charge is 0.227 e. The molecular weight excluding hydrogens is 356 g/mol. The van der Waals surface area contributed by atoms with E-state index >= 15 is 0 Å². The first-order valence-electron chi connectivity index (χ1n) is 8.95. The van der Waals surface area contributed by atoms with Crippen LogP contribution in [0.25, 0.3) is 5.69 Å². The molecule has 28 heavy (non-hydrogen) atoms. The fourth-order valence-electron chi connectivity index (χ4n) is 2.99. The van der Waals surface area contributed by atoms with E-state index in [4.69, 9.17) is 9.47 Å². The summed E-state index contributed by atoms with van der Waals surface area (Å²) in [4.78, 5) is 18.5. The first-order chi connectivity index (χ1) is 13.5. The molecule has 0 aliphatic rings. The second-order valence-corrected chi connectivity index (χ2v) is 6.47. The molecule has 0 aliphatic carbocycles. The van der Waals surface area contributed by atoms with Gasteiger partial charge in [0, 0.05) is 12.6 Å². The van der Waals surface area contributed by atoms with Gasteiger partial charge in [-0.25, -0.2) is 9.67 Å². The lowest BCUT2D eigenvalue weighted by Gasteiger charge is -2.26. The minimum absolute atomic E-state index is 0.000550. The zero-order valence-electron chi connectivity index (χ0n) is 16.5. The van der Waals surface area contributed by atoms with E-state index in [1.54, 1.807) is 30.1 Å². The second-order valence-electron chi connectivity index (χ2n) is 6.47. The van der Waals surface area contributed by atoms with Crippen LogP contribution in [0.1, 0.15) is 24.1 Å². The zero-order valence-corrected chi connectivity index (χ0v) is 16.5. The van der Waals surface area contributed by atoms with Gasteiger partial charge in [0.25, 0.3) is 0 Å². The highest BCUT2D eigenvalue weighted by Crippen LogP contribution is 2.26. The molecule has 146 valence electrons. The van der Waals surface area contributed by atoms with Crippen LogP contribution in [0, 0.1) is 0 Å². The van der Waals surface area contributed by atoms with Gasteiger partial charge in [-0.1, -0.05) is 12.1 Å². The van der Waals surface area contributed by atoms with E-state index in [9.17, 15) is 4.79 Å². The van der Waals surface area contributed by atoms with Crippen molar-refractivity contribution in [2.24, 2.45) is 0 Å². The summed E-state index contributed by atoms with van der Waals surface area (Å²) in [6.07, 6.45) is 3.38. The van der Waals surface area contributed by atoms with Crippen molar-refractivity contribution >= 4 is 5.91 Å². The third-order valence-corrected chi connectivity index (χ3v) is 4.86. The molecule has 1 heterocycles. The number of aromatic nitrogens is 3. The molecular formula is C21H24N4O3. The molecule has 3 rings (SSSR count). The number of carbonyl (C=O) groups excluding carboxylic acids is 1. The number of hydrogen-bond acceptors (Lipinski definition) is 5. The molecule has 0 spiro atoms. The Labute approximate surface area is 164 Å². The molecule has 1 unspecified atom stereocenters. The Kier molecular flexibility index (Phi) is 5.93. The summed E-state index contributed by atoms with van der Waals surface area (Å²) in [5.74, 6) is 1.37. The van der Waals surface area contributed by atoms with E-state index in [-0.39, 0.29) is 18.4 Å². The second kappa shape index (κ2) is 8.56. The van der Waals surface area contributed by atoms with Gasteiger partial charge in [-0.15, -0.1) is 0 Å². The normalized spacial score (nSPS) is 11.7. The van der Waals surface area contributed by atoms with Crippen molar-refractivity contribution in [3.63, 3.8) is 0 Å². The average Bonchev–Trinajstić information content (AvgIpc) is 3.27. The number of carbonyl (C=O) groups is 1. The molecule has 7 heteroatoms. The van der Waals surface area contributed by atoms with Crippen molar-refractivity contribution < 1.29 is 14.3 Å². The SMILES string of the molecule is COc1ccc(OC)c(CC(=O)N(C)C(C)c2ccc(-n3cncn3)cc2)c1. The van der Waals surface area contributed by atoms with E-state index in [1.165, 1.54) is 6.33 Å².